The van der Waals surface area contributed by atoms with Crippen LogP contribution in [0.15, 0.2) is 53.4 Å². The molecular formula is C21H28ClN3O3S. The normalized spacial score (nSPS) is 11.4. The van der Waals surface area contributed by atoms with Crippen LogP contribution in [-0.2, 0) is 21.2 Å². The number of sulfonamides is 1. The Morgan fingerprint density at radius 3 is 2.52 bits per heavy atom. The summed E-state index contributed by atoms with van der Waals surface area (Å²) < 4.78 is 26.4. The van der Waals surface area contributed by atoms with E-state index in [0.717, 1.165) is 18.4 Å². The zero-order valence-corrected chi connectivity index (χ0v) is 18.4. The number of anilines is 1. The fourth-order valence-corrected chi connectivity index (χ4v) is 4.13. The molecule has 0 unspecified atom stereocenters. The largest absolute Gasteiger partial charge is 0.376 e. The maximum Gasteiger partial charge on any atom is 0.242 e. The van der Waals surface area contributed by atoms with Crippen LogP contribution in [-0.4, -0.2) is 45.3 Å². The van der Waals surface area contributed by atoms with Gasteiger partial charge in [-0.1, -0.05) is 37.1 Å². The fraction of sp³-hybridized carbons (Fsp3) is 0.381. The Bertz CT molecular complexity index is 902. The molecule has 0 fully saturated rings. The molecule has 0 aromatic heterocycles. The Morgan fingerprint density at radius 2 is 1.86 bits per heavy atom. The number of halogens is 1. The van der Waals surface area contributed by atoms with Crippen LogP contribution in [0.5, 0.6) is 0 Å². The van der Waals surface area contributed by atoms with Gasteiger partial charge >= 0.3 is 0 Å². The van der Waals surface area contributed by atoms with E-state index in [1.54, 1.807) is 31.3 Å². The lowest BCUT2D eigenvalue weighted by molar-refractivity contribution is -0.119. The number of unbranched alkanes of at least 4 members (excludes halogenated alkanes) is 1. The number of carbonyl (C=O) groups is 1. The summed E-state index contributed by atoms with van der Waals surface area (Å²) in [6.45, 7) is 3.14. The van der Waals surface area contributed by atoms with Crippen molar-refractivity contribution in [3.05, 3.63) is 59.1 Å². The van der Waals surface area contributed by atoms with Crippen molar-refractivity contribution < 1.29 is 13.2 Å². The van der Waals surface area contributed by atoms with E-state index in [1.165, 1.54) is 4.31 Å². The van der Waals surface area contributed by atoms with E-state index in [2.05, 4.69) is 10.6 Å². The highest BCUT2D eigenvalue weighted by molar-refractivity contribution is 7.89. The van der Waals surface area contributed by atoms with Gasteiger partial charge in [-0.05, 0) is 54.8 Å². The quantitative estimate of drug-likeness (QED) is 0.563. The van der Waals surface area contributed by atoms with E-state index >= 15 is 0 Å². The molecule has 0 saturated heterocycles. The van der Waals surface area contributed by atoms with Crippen LogP contribution in [0.1, 0.15) is 25.3 Å². The standard InChI is InChI=1S/C21H28ClN3O3S/c1-3-4-14-25(2)29(27,28)20-10-8-19(9-11-20)24-16-21(26)23-13-12-17-6-5-7-18(22)15-17/h5-11,15,24H,3-4,12-14,16H2,1-2H3,(H,23,26). The van der Waals surface area contributed by atoms with Gasteiger partial charge in [-0.2, -0.15) is 0 Å². The van der Waals surface area contributed by atoms with Gasteiger partial charge < -0.3 is 10.6 Å². The predicted molar refractivity (Wildman–Crippen MR) is 118 cm³/mol. The SMILES string of the molecule is CCCCN(C)S(=O)(=O)c1ccc(NCC(=O)NCCc2cccc(Cl)c2)cc1. The first kappa shape index (κ1) is 23.2. The van der Waals surface area contributed by atoms with E-state index in [9.17, 15) is 13.2 Å². The summed E-state index contributed by atoms with van der Waals surface area (Å²) in [5, 5.41) is 6.52. The predicted octanol–water partition coefficient (Wildman–Crippen LogP) is 3.53. The maximum atomic E-state index is 12.5. The van der Waals surface area contributed by atoms with E-state index < -0.39 is 10.0 Å². The Hall–Kier alpha value is -2.09. The third-order valence-corrected chi connectivity index (χ3v) is 6.57. The first-order chi connectivity index (χ1) is 13.8. The lowest BCUT2D eigenvalue weighted by Crippen LogP contribution is -2.31. The lowest BCUT2D eigenvalue weighted by Gasteiger charge is -2.17. The minimum Gasteiger partial charge on any atom is -0.376 e. The molecule has 8 heteroatoms. The molecule has 0 saturated carbocycles. The highest BCUT2D eigenvalue weighted by atomic mass is 35.5. The zero-order chi connectivity index (χ0) is 21.3. The summed E-state index contributed by atoms with van der Waals surface area (Å²) in [7, 11) is -1.90. The highest BCUT2D eigenvalue weighted by Gasteiger charge is 2.19. The number of nitrogens with one attached hydrogen (secondary N) is 2. The molecule has 0 aliphatic rings. The lowest BCUT2D eigenvalue weighted by atomic mass is 10.1. The molecule has 1 amide bonds. The second-order valence-corrected chi connectivity index (χ2v) is 9.27. The molecular weight excluding hydrogens is 410 g/mol. The molecule has 0 radical (unpaired) electrons. The van der Waals surface area contributed by atoms with E-state index in [-0.39, 0.29) is 17.3 Å². The van der Waals surface area contributed by atoms with Gasteiger partial charge in [0.15, 0.2) is 0 Å². The fourth-order valence-electron chi connectivity index (χ4n) is 2.71. The van der Waals surface area contributed by atoms with Crippen LogP contribution in [0.2, 0.25) is 5.02 Å². The van der Waals surface area contributed by atoms with Crippen molar-refractivity contribution in [1.82, 2.24) is 9.62 Å². The van der Waals surface area contributed by atoms with Crippen LogP contribution in [0.25, 0.3) is 0 Å². The van der Waals surface area contributed by atoms with Crippen LogP contribution < -0.4 is 10.6 Å². The Morgan fingerprint density at radius 1 is 1.14 bits per heavy atom. The molecule has 0 spiro atoms. The number of benzene rings is 2. The number of carbonyl (C=O) groups excluding carboxylic acids is 1. The maximum absolute atomic E-state index is 12.5. The van der Waals surface area contributed by atoms with Gasteiger partial charge in [-0.25, -0.2) is 12.7 Å². The van der Waals surface area contributed by atoms with Gasteiger partial charge in [-0.15, -0.1) is 0 Å². The molecule has 29 heavy (non-hydrogen) atoms. The van der Waals surface area contributed by atoms with E-state index in [4.69, 9.17) is 11.6 Å². The Kier molecular flexibility index (Phi) is 8.95. The smallest absolute Gasteiger partial charge is 0.242 e. The summed E-state index contributed by atoms with van der Waals surface area (Å²) >= 11 is 5.95. The van der Waals surface area contributed by atoms with Gasteiger partial charge in [0, 0.05) is 30.8 Å². The summed E-state index contributed by atoms with van der Waals surface area (Å²) in [4.78, 5) is 12.2. The van der Waals surface area contributed by atoms with Crippen molar-refractivity contribution in [2.75, 3.05) is 32.0 Å². The monoisotopic (exact) mass is 437 g/mol. The molecule has 2 N–H and O–H groups in total. The van der Waals surface area contributed by atoms with Crippen LogP contribution in [0, 0.1) is 0 Å². The third-order valence-electron chi connectivity index (χ3n) is 4.47. The molecule has 2 rings (SSSR count). The molecule has 0 bridgehead atoms. The average molecular weight is 438 g/mol. The number of nitrogens with zero attached hydrogens (tertiary/aromatic N) is 1. The van der Waals surface area contributed by atoms with Gasteiger partial charge in [0.1, 0.15) is 0 Å². The Labute approximate surface area is 178 Å². The first-order valence-electron chi connectivity index (χ1n) is 9.64. The summed E-state index contributed by atoms with van der Waals surface area (Å²) in [6, 6.07) is 14.0. The van der Waals surface area contributed by atoms with E-state index in [1.807, 2.05) is 31.2 Å². The average Bonchev–Trinajstić information content (AvgIpc) is 2.70. The van der Waals surface area contributed by atoms with Crippen LogP contribution in [0.3, 0.4) is 0 Å². The molecule has 0 heterocycles. The van der Waals surface area contributed by atoms with Crippen molar-refractivity contribution in [2.24, 2.45) is 0 Å². The second-order valence-electron chi connectivity index (χ2n) is 6.79. The van der Waals surface area contributed by atoms with Crippen molar-refractivity contribution in [3.63, 3.8) is 0 Å². The van der Waals surface area contributed by atoms with Gasteiger partial charge in [-0.3, -0.25) is 4.79 Å². The van der Waals surface area contributed by atoms with Crippen LogP contribution in [0.4, 0.5) is 5.69 Å². The van der Waals surface area contributed by atoms with Crippen LogP contribution >= 0.6 is 11.6 Å². The number of amides is 1. The molecule has 0 aliphatic carbocycles. The zero-order valence-electron chi connectivity index (χ0n) is 16.8. The topological polar surface area (TPSA) is 78.5 Å². The van der Waals surface area contributed by atoms with Gasteiger partial charge in [0.25, 0.3) is 0 Å². The van der Waals surface area contributed by atoms with Crippen molar-refractivity contribution in [1.29, 1.82) is 0 Å². The first-order valence-corrected chi connectivity index (χ1v) is 11.5. The molecule has 0 aliphatic heterocycles. The number of hydrogen-bond acceptors (Lipinski definition) is 4. The van der Waals surface area contributed by atoms with Crippen molar-refractivity contribution >= 4 is 33.2 Å². The Balaban J connectivity index is 1.79. The number of hydrogen-bond donors (Lipinski definition) is 2. The summed E-state index contributed by atoms with van der Waals surface area (Å²) in [6.07, 6.45) is 2.45. The highest BCUT2D eigenvalue weighted by Crippen LogP contribution is 2.18. The number of rotatable bonds is 11. The summed E-state index contributed by atoms with van der Waals surface area (Å²) in [5.41, 5.74) is 1.75. The molecule has 6 nitrogen and oxygen atoms in total. The molecule has 158 valence electrons. The molecule has 0 atom stereocenters. The van der Waals surface area contributed by atoms with Gasteiger partial charge in [0.05, 0.1) is 11.4 Å². The second kappa shape index (κ2) is 11.2. The minimum absolute atomic E-state index is 0.109. The summed E-state index contributed by atoms with van der Waals surface area (Å²) in [5.74, 6) is -0.136. The third kappa shape index (κ3) is 7.34. The minimum atomic E-state index is -3.48. The van der Waals surface area contributed by atoms with E-state index in [0.29, 0.717) is 30.2 Å². The van der Waals surface area contributed by atoms with Crippen molar-refractivity contribution in [2.45, 2.75) is 31.1 Å². The van der Waals surface area contributed by atoms with Crippen molar-refractivity contribution in [3.8, 4) is 0 Å². The molecule has 2 aromatic carbocycles. The van der Waals surface area contributed by atoms with Gasteiger partial charge in [0.2, 0.25) is 15.9 Å². The molecule has 2 aromatic rings.